The molecule has 0 atom stereocenters. The molecule has 0 saturated heterocycles. The van der Waals surface area contributed by atoms with Gasteiger partial charge in [0.15, 0.2) is 0 Å². The van der Waals surface area contributed by atoms with Crippen LogP contribution in [0, 0.1) is 0 Å². The fourth-order valence-electron chi connectivity index (χ4n) is 1.76. The van der Waals surface area contributed by atoms with Gasteiger partial charge in [-0.25, -0.2) is 4.79 Å². The van der Waals surface area contributed by atoms with Crippen molar-refractivity contribution in [1.82, 2.24) is 15.5 Å². The molecule has 1 heterocycles. The van der Waals surface area contributed by atoms with Gasteiger partial charge >= 0.3 is 11.9 Å². The van der Waals surface area contributed by atoms with Gasteiger partial charge in [0.05, 0.1) is 13.7 Å². The Bertz CT molecular complexity index is 666. The van der Waals surface area contributed by atoms with E-state index < -0.39 is 11.9 Å². The monoisotopic (exact) mass is 319 g/mol. The van der Waals surface area contributed by atoms with Gasteiger partial charge < -0.3 is 19.2 Å². The molecular weight excluding hydrogens is 302 g/mol. The summed E-state index contributed by atoms with van der Waals surface area (Å²) < 4.78 is 15.2. The molecule has 23 heavy (non-hydrogen) atoms. The van der Waals surface area contributed by atoms with E-state index in [2.05, 4.69) is 20.3 Å². The average molecular weight is 319 g/mol. The second-order valence-corrected chi connectivity index (χ2v) is 4.46. The minimum Gasteiger partial charge on any atom is -0.497 e. The highest BCUT2D eigenvalue weighted by Gasteiger charge is 2.14. The zero-order chi connectivity index (χ0) is 16.7. The van der Waals surface area contributed by atoms with E-state index in [-0.39, 0.29) is 13.2 Å². The maximum atomic E-state index is 11.3. The number of carbonyl (C=O) groups is 2. The predicted octanol–water partition coefficient (Wildman–Crippen LogP) is 0.967. The Morgan fingerprint density at radius 2 is 1.96 bits per heavy atom. The summed E-state index contributed by atoms with van der Waals surface area (Å²) in [7, 11) is 1.59. The first-order chi connectivity index (χ1) is 11.1. The van der Waals surface area contributed by atoms with Crippen LogP contribution in [0.25, 0.3) is 11.5 Å². The molecule has 0 spiro atoms. The number of benzene rings is 1. The average Bonchev–Trinajstić information content (AvgIpc) is 3.04. The van der Waals surface area contributed by atoms with Crippen molar-refractivity contribution in [3.63, 3.8) is 0 Å². The number of carbonyl (C=O) groups excluding carboxylic acids is 2. The third-order valence-corrected chi connectivity index (χ3v) is 2.89. The standard InChI is InChI=1S/C15H17N3O5/c1-3-22-15(20)13(19)16-9-8-12-17-18-14(23-12)10-4-6-11(21-2)7-5-10/h4-7H,3,8-9H2,1-2H3,(H,16,19). The molecule has 0 aliphatic heterocycles. The fraction of sp³-hybridized carbons (Fsp3) is 0.333. The number of hydrogen-bond acceptors (Lipinski definition) is 7. The number of aromatic nitrogens is 2. The van der Waals surface area contributed by atoms with Crippen molar-refractivity contribution in [2.45, 2.75) is 13.3 Å². The van der Waals surface area contributed by atoms with E-state index in [0.29, 0.717) is 18.2 Å². The van der Waals surface area contributed by atoms with E-state index in [9.17, 15) is 9.59 Å². The number of esters is 1. The molecule has 2 rings (SSSR count). The Labute approximate surface area is 132 Å². The number of rotatable bonds is 6. The molecule has 122 valence electrons. The molecule has 1 aromatic heterocycles. The van der Waals surface area contributed by atoms with Gasteiger partial charge in [-0.15, -0.1) is 10.2 Å². The molecule has 2 aromatic rings. The highest BCUT2D eigenvalue weighted by atomic mass is 16.5. The summed E-state index contributed by atoms with van der Waals surface area (Å²) in [5.41, 5.74) is 0.764. The summed E-state index contributed by atoms with van der Waals surface area (Å²) >= 11 is 0. The molecule has 1 amide bonds. The Morgan fingerprint density at radius 3 is 2.61 bits per heavy atom. The number of amides is 1. The highest BCUT2D eigenvalue weighted by molar-refractivity contribution is 6.32. The van der Waals surface area contributed by atoms with E-state index in [1.54, 1.807) is 38.3 Å². The Kier molecular flexibility index (Phi) is 5.67. The second kappa shape index (κ2) is 7.92. The quantitative estimate of drug-likeness (QED) is 0.625. The van der Waals surface area contributed by atoms with Gasteiger partial charge in [0.2, 0.25) is 11.8 Å². The van der Waals surface area contributed by atoms with E-state index in [0.717, 1.165) is 11.3 Å². The summed E-state index contributed by atoms with van der Waals surface area (Å²) in [6.07, 6.45) is 0.314. The van der Waals surface area contributed by atoms with Gasteiger partial charge in [0.1, 0.15) is 5.75 Å². The molecule has 1 N–H and O–H groups in total. The van der Waals surface area contributed by atoms with Crippen molar-refractivity contribution in [3.05, 3.63) is 30.2 Å². The molecule has 0 aliphatic rings. The molecule has 0 radical (unpaired) electrons. The number of ether oxygens (including phenoxy) is 2. The third-order valence-electron chi connectivity index (χ3n) is 2.89. The van der Waals surface area contributed by atoms with E-state index in [4.69, 9.17) is 9.15 Å². The summed E-state index contributed by atoms with van der Waals surface area (Å²) in [4.78, 5) is 22.5. The molecule has 0 saturated carbocycles. The van der Waals surface area contributed by atoms with Gasteiger partial charge in [-0.3, -0.25) is 4.79 Å². The molecule has 0 aliphatic carbocycles. The van der Waals surface area contributed by atoms with Crippen molar-refractivity contribution in [2.75, 3.05) is 20.3 Å². The first-order valence-electron chi connectivity index (χ1n) is 7.05. The van der Waals surface area contributed by atoms with Gasteiger partial charge in [-0.05, 0) is 31.2 Å². The normalized spacial score (nSPS) is 10.2. The van der Waals surface area contributed by atoms with Crippen LogP contribution < -0.4 is 10.1 Å². The van der Waals surface area contributed by atoms with Crippen LogP contribution in [0.4, 0.5) is 0 Å². The van der Waals surface area contributed by atoms with Crippen LogP contribution in [0.15, 0.2) is 28.7 Å². The minimum atomic E-state index is -0.906. The lowest BCUT2D eigenvalue weighted by molar-refractivity contribution is -0.154. The van der Waals surface area contributed by atoms with Crippen LogP contribution in [0.1, 0.15) is 12.8 Å². The molecular formula is C15H17N3O5. The molecule has 8 heteroatoms. The molecule has 0 unspecified atom stereocenters. The number of nitrogens with zero attached hydrogens (tertiary/aromatic N) is 2. The highest BCUT2D eigenvalue weighted by Crippen LogP contribution is 2.21. The predicted molar refractivity (Wildman–Crippen MR) is 79.6 cm³/mol. The molecule has 8 nitrogen and oxygen atoms in total. The van der Waals surface area contributed by atoms with Crippen LogP contribution in [0.3, 0.4) is 0 Å². The molecule has 0 fully saturated rings. The number of hydrogen-bond donors (Lipinski definition) is 1. The van der Waals surface area contributed by atoms with Crippen molar-refractivity contribution in [1.29, 1.82) is 0 Å². The SMILES string of the molecule is CCOC(=O)C(=O)NCCc1nnc(-c2ccc(OC)cc2)o1. The third kappa shape index (κ3) is 4.53. The van der Waals surface area contributed by atoms with Crippen LogP contribution in [0.2, 0.25) is 0 Å². The van der Waals surface area contributed by atoms with Crippen LogP contribution >= 0.6 is 0 Å². The largest absolute Gasteiger partial charge is 0.497 e. The molecule has 1 aromatic carbocycles. The van der Waals surface area contributed by atoms with E-state index in [1.807, 2.05) is 0 Å². The lowest BCUT2D eigenvalue weighted by Gasteiger charge is -2.02. The van der Waals surface area contributed by atoms with Gasteiger partial charge in [0.25, 0.3) is 0 Å². The van der Waals surface area contributed by atoms with E-state index >= 15 is 0 Å². The van der Waals surface area contributed by atoms with Gasteiger partial charge in [-0.2, -0.15) is 0 Å². The topological polar surface area (TPSA) is 104 Å². The fourth-order valence-corrected chi connectivity index (χ4v) is 1.76. The lowest BCUT2D eigenvalue weighted by Crippen LogP contribution is -2.33. The smallest absolute Gasteiger partial charge is 0.396 e. The number of methoxy groups -OCH3 is 1. The van der Waals surface area contributed by atoms with Gasteiger partial charge in [-0.1, -0.05) is 0 Å². The Morgan fingerprint density at radius 1 is 1.22 bits per heavy atom. The van der Waals surface area contributed by atoms with E-state index in [1.165, 1.54) is 0 Å². The first-order valence-corrected chi connectivity index (χ1v) is 7.05. The lowest BCUT2D eigenvalue weighted by atomic mass is 10.2. The number of nitrogens with one attached hydrogen (secondary N) is 1. The first kappa shape index (κ1) is 16.5. The minimum absolute atomic E-state index is 0.154. The van der Waals surface area contributed by atoms with Crippen LogP contribution in [-0.4, -0.2) is 42.3 Å². The van der Waals surface area contributed by atoms with Gasteiger partial charge in [0, 0.05) is 18.5 Å². The van der Waals surface area contributed by atoms with Crippen molar-refractivity contribution in [3.8, 4) is 17.2 Å². The molecule has 0 bridgehead atoms. The summed E-state index contributed by atoms with van der Waals surface area (Å²) in [6, 6.07) is 7.19. The Balaban J connectivity index is 1.87. The van der Waals surface area contributed by atoms with Crippen LogP contribution in [-0.2, 0) is 20.7 Å². The van der Waals surface area contributed by atoms with Crippen molar-refractivity contribution < 1.29 is 23.5 Å². The van der Waals surface area contributed by atoms with Crippen molar-refractivity contribution >= 4 is 11.9 Å². The second-order valence-electron chi connectivity index (χ2n) is 4.46. The van der Waals surface area contributed by atoms with Crippen molar-refractivity contribution in [2.24, 2.45) is 0 Å². The maximum absolute atomic E-state index is 11.3. The summed E-state index contributed by atoms with van der Waals surface area (Å²) in [5, 5.41) is 10.3. The maximum Gasteiger partial charge on any atom is 0.396 e. The summed E-state index contributed by atoms with van der Waals surface area (Å²) in [6.45, 7) is 1.98. The zero-order valence-electron chi connectivity index (χ0n) is 12.9. The Hall–Kier alpha value is -2.90. The zero-order valence-corrected chi connectivity index (χ0v) is 12.9. The summed E-state index contributed by atoms with van der Waals surface area (Å²) in [5.74, 6) is -0.229. The van der Waals surface area contributed by atoms with Crippen LogP contribution in [0.5, 0.6) is 5.75 Å².